The number of fused-ring (bicyclic) bond motifs is 1. The molecule has 29 heavy (non-hydrogen) atoms. The van der Waals surface area contributed by atoms with Crippen molar-refractivity contribution in [2.45, 2.75) is 19.9 Å². The predicted octanol–water partition coefficient (Wildman–Crippen LogP) is 0.131. The van der Waals surface area contributed by atoms with Gasteiger partial charge in [-0.15, -0.1) is 0 Å². The molecular weight excluding hydrogens is 392 g/mol. The highest BCUT2D eigenvalue weighted by Gasteiger charge is 2.14. The lowest BCUT2D eigenvalue weighted by atomic mass is 10.1. The minimum absolute atomic E-state index is 0.150. The summed E-state index contributed by atoms with van der Waals surface area (Å²) in [5.74, 6) is -0.153. The van der Waals surface area contributed by atoms with Crippen molar-refractivity contribution in [3.8, 4) is 0 Å². The highest BCUT2D eigenvalue weighted by molar-refractivity contribution is 7.71. The number of carbonyl (C=O) groups is 1. The Kier molecular flexibility index (Phi) is 7.93. The van der Waals surface area contributed by atoms with Gasteiger partial charge in [0.15, 0.2) is 4.77 Å². The number of ether oxygens (including phenoxy) is 2. The van der Waals surface area contributed by atoms with E-state index in [1.807, 2.05) is 6.92 Å². The Bertz CT molecular complexity index is 950. The first-order valence-corrected chi connectivity index (χ1v) is 10.5. The molecule has 1 aromatic carbocycles. The summed E-state index contributed by atoms with van der Waals surface area (Å²) >= 11 is 5.35. The van der Waals surface area contributed by atoms with Gasteiger partial charge in [0.1, 0.15) is 13.1 Å². The van der Waals surface area contributed by atoms with Crippen molar-refractivity contribution >= 4 is 29.0 Å². The third kappa shape index (κ3) is 5.72. The molecule has 158 valence electrons. The zero-order valence-corrected chi connectivity index (χ0v) is 17.6. The van der Waals surface area contributed by atoms with Gasteiger partial charge in [0.2, 0.25) is 0 Å². The van der Waals surface area contributed by atoms with E-state index >= 15 is 0 Å². The van der Waals surface area contributed by atoms with E-state index in [4.69, 9.17) is 21.7 Å². The lowest BCUT2D eigenvalue weighted by molar-refractivity contribution is -0.906. The number of nitrogens with zero attached hydrogens (tertiary/aromatic N) is 1. The topological polar surface area (TPSA) is 89.8 Å². The average Bonchev–Trinajstić information content (AvgIpc) is 2.73. The van der Waals surface area contributed by atoms with E-state index in [9.17, 15) is 9.59 Å². The van der Waals surface area contributed by atoms with Crippen molar-refractivity contribution in [3.63, 3.8) is 0 Å². The molecule has 8 nitrogen and oxygen atoms in total. The molecule has 2 aromatic rings. The van der Waals surface area contributed by atoms with E-state index in [2.05, 4.69) is 10.3 Å². The van der Waals surface area contributed by atoms with Crippen molar-refractivity contribution < 1.29 is 19.2 Å². The fraction of sp³-hybridized carbons (Fsp3) is 0.550. The number of hydrogen-bond acceptors (Lipinski definition) is 5. The summed E-state index contributed by atoms with van der Waals surface area (Å²) in [6.07, 6.45) is 0.711. The normalized spacial score (nSPS) is 14.9. The number of aromatic nitrogens is 2. The summed E-state index contributed by atoms with van der Waals surface area (Å²) in [5.41, 5.74) is 0.934. The highest BCUT2D eigenvalue weighted by atomic mass is 32.1. The van der Waals surface area contributed by atoms with E-state index < -0.39 is 0 Å². The molecule has 1 fully saturated rings. The molecule has 0 radical (unpaired) electrons. The molecular formula is C20H29N4O4S+. The molecule has 1 aliphatic heterocycles. The number of quaternary nitrogens is 1. The molecule has 0 bridgehead atoms. The Morgan fingerprint density at radius 2 is 2.17 bits per heavy atom. The molecule has 3 N–H and O–H groups in total. The van der Waals surface area contributed by atoms with Crippen LogP contribution in [0.5, 0.6) is 0 Å². The van der Waals surface area contributed by atoms with Crippen LogP contribution in [0.2, 0.25) is 0 Å². The minimum atomic E-state index is -0.153. The first-order valence-electron chi connectivity index (χ1n) is 10.1. The quantitative estimate of drug-likeness (QED) is 0.396. The number of H-pyrrole nitrogens is 1. The van der Waals surface area contributed by atoms with Crippen LogP contribution in [-0.4, -0.2) is 68.1 Å². The minimum Gasteiger partial charge on any atom is -0.382 e. The summed E-state index contributed by atoms with van der Waals surface area (Å²) in [5, 5.41) is 3.47. The number of aromatic amines is 1. The smallest absolute Gasteiger partial charge is 0.262 e. The molecule has 2 heterocycles. The second kappa shape index (κ2) is 10.6. The van der Waals surface area contributed by atoms with E-state index in [0.29, 0.717) is 54.0 Å². The van der Waals surface area contributed by atoms with Gasteiger partial charge in [-0.2, -0.15) is 0 Å². The number of hydrogen-bond donors (Lipinski definition) is 3. The first kappa shape index (κ1) is 21.6. The van der Waals surface area contributed by atoms with E-state index in [1.54, 1.807) is 22.8 Å². The third-order valence-corrected chi connectivity index (χ3v) is 5.41. The number of rotatable bonds is 9. The van der Waals surface area contributed by atoms with Crippen LogP contribution >= 0.6 is 12.2 Å². The predicted molar refractivity (Wildman–Crippen MR) is 113 cm³/mol. The maximum atomic E-state index is 12.8. The Labute approximate surface area is 174 Å². The maximum absolute atomic E-state index is 12.8. The van der Waals surface area contributed by atoms with Gasteiger partial charge in [0, 0.05) is 25.3 Å². The number of morpholine rings is 1. The Hall–Kier alpha value is -2.07. The van der Waals surface area contributed by atoms with Gasteiger partial charge >= 0.3 is 0 Å². The second-order valence-electron chi connectivity index (χ2n) is 7.07. The molecule has 0 atom stereocenters. The largest absolute Gasteiger partial charge is 0.382 e. The summed E-state index contributed by atoms with van der Waals surface area (Å²) in [4.78, 5) is 29.8. The van der Waals surface area contributed by atoms with Gasteiger partial charge in [-0.25, -0.2) is 0 Å². The lowest BCUT2D eigenvalue weighted by Gasteiger charge is -2.23. The molecule has 1 aromatic heterocycles. The zero-order chi connectivity index (χ0) is 20.6. The first-order chi connectivity index (χ1) is 14.1. The van der Waals surface area contributed by atoms with Crippen LogP contribution in [0.25, 0.3) is 10.9 Å². The van der Waals surface area contributed by atoms with Crippen molar-refractivity contribution in [2.24, 2.45) is 0 Å². The van der Waals surface area contributed by atoms with Crippen LogP contribution in [0.3, 0.4) is 0 Å². The van der Waals surface area contributed by atoms with Gasteiger partial charge in [0.05, 0.1) is 37.2 Å². The van der Waals surface area contributed by atoms with Crippen LogP contribution in [0.15, 0.2) is 23.0 Å². The van der Waals surface area contributed by atoms with Crippen molar-refractivity contribution in [3.05, 3.63) is 38.9 Å². The summed E-state index contributed by atoms with van der Waals surface area (Å²) in [6, 6.07) is 5.06. The highest BCUT2D eigenvalue weighted by Crippen LogP contribution is 2.11. The standard InChI is InChI=1S/C20H28N4O4S/c1-2-27-11-3-7-24-19(26)16-5-4-15(14-17(16)22-20(24)29)18(25)21-6-8-23-9-12-28-13-10-23/h4-5,14H,2-3,6-13H2,1H3,(H,21,25)(H,22,29)/p+1. The van der Waals surface area contributed by atoms with Gasteiger partial charge < -0.3 is 24.7 Å². The molecule has 0 spiro atoms. The van der Waals surface area contributed by atoms with Crippen molar-refractivity contribution in [2.75, 3.05) is 52.6 Å². The SMILES string of the molecule is CCOCCCn1c(=S)[nH]c2cc(C(=O)NCC[NH+]3CCOCC3)ccc2c1=O. The van der Waals surface area contributed by atoms with Crippen LogP contribution < -0.4 is 15.8 Å². The summed E-state index contributed by atoms with van der Waals surface area (Å²) in [7, 11) is 0. The van der Waals surface area contributed by atoms with Crippen LogP contribution in [0, 0.1) is 4.77 Å². The van der Waals surface area contributed by atoms with Crippen LogP contribution in [0.1, 0.15) is 23.7 Å². The molecule has 0 aliphatic carbocycles. The second-order valence-corrected chi connectivity index (χ2v) is 7.45. The van der Waals surface area contributed by atoms with Crippen LogP contribution in [-0.2, 0) is 16.0 Å². The van der Waals surface area contributed by atoms with Gasteiger partial charge in [-0.3, -0.25) is 14.2 Å². The molecule has 1 amide bonds. The molecule has 0 unspecified atom stereocenters. The number of nitrogens with one attached hydrogen (secondary N) is 3. The maximum Gasteiger partial charge on any atom is 0.262 e. The third-order valence-electron chi connectivity index (χ3n) is 5.08. The fourth-order valence-corrected chi connectivity index (χ4v) is 3.72. The lowest BCUT2D eigenvalue weighted by Crippen LogP contribution is -3.14. The monoisotopic (exact) mass is 421 g/mol. The zero-order valence-electron chi connectivity index (χ0n) is 16.8. The Morgan fingerprint density at radius 1 is 1.38 bits per heavy atom. The van der Waals surface area contributed by atoms with Gasteiger partial charge in [0.25, 0.3) is 11.5 Å². The summed E-state index contributed by atoms with van der Waals surface area (Å²) < 4.78 is 12.6. The van der Waals surface area contributed by atoms with Gasteiger partial charge in [-0.05, 0) is 43.8 Å². The number of carbonyl (C=O) groups excluding carboxylic acids is 1. The van der Waals surface area contributed by atoms with Crippen LogP contribution in [0.4, 0.5) is 0 Å². The molecule has 0 saturated carbocycles. The molecule has 1 saturated heterocycles. The summed E-state index contributed by atoms with van der Waals surface area (Å²) in [6.45, 7) is 8.63. The van der Waals surface area contributed by atoms with Crippen molar-refractivity contribution in [1.82, 2.24) is 14.9 Å². The Balaban J connectivity index is 1.66. The van der Waals surface area contributed by atoms with Crippen molar-refractivity contribution in [1.29, 1.82) is 0 Å². The number of amides is 1. The molecule has 1 aliphatic rings. The van der Waals surface area contributed by atoms with Gasteiger partial charge in [-0.1, -0.05) is 0 Å². The van der Waals surface area contributed by atoms with E-state index in [1.165, 1.54) is 4.90 Å². The fourth-order valence-electron chi connectivity index (χ4n) is 3.43. The van der Waals surface area contributed by atoms with E-state index in [0.717, 1.165) is 32.8 Å². The van der Waals surface area contributed by atoms with E-state index in [-0.39, 0.29) is 11.5 Å². The molecule has 9 heteroatoms. The average molecular weight is 422 g/mol. The number of benzene rings is 1. The molecule has 3 rings (SSSR count). The Morgan fingerprint density at radius 3 is 2.93 bits per heavy atom.